The molecule has 0 unspecified atom stereocenters. The number of hydrogen-bond donors (Lipinski definition) is 6. The number of ether oxygens (including phenoxy) is 2. The number of esters is 2. The first-order valence-corrected chi connectivity index (χ1v) is 35.2. The lowest BCUT2D eigenvalue weighted by Gasteiger charge is -2.42. The number of amides is 5. The third-order valence-electron chi connectivity index (χ3n) is 19.8. The number of benzene rings is 6. The summed E-state index contributed by atoms with van der Waals surface area (Å²) in [5.41, 5.74) is 23.3. The predicted molar refractivity (Wildman–Crippen MR) is 386 cm³/mol. The number of carbonyl (C=O) groups excluding carboxylic acids is 7. The number of phenolic OH excluding ortho intramolecular Hbond substituents is 2. The number of nitrogens with zero attached hydrogens (tertiary/aromatic N) is 8. The highest BCUT2D eigenvalue weighted by Crippen LogP contribution is 2.39. The Labute approximate surface area is 597 Å². The van der Waals surface area contributed by atoms with E-state index in [1.54, 1.807) is 37.4 Å². The SMILES string of the molecule is CC(C)[C@@H](C(=O)N[C@H]1Cc2cc(O)cc(c2)-c2ccc3c(-c4ccccc4C#N)cn(c3c2)C[C@H](C)COC(=O)[C@@H]2CCCN(N2)C1=O)N(C)C(=O)C1CN(C(=O)CCl)C1.C[C@@H]1COC(=O)[C@@H]2CCCN(N2)C(=O)[C@@H](N)Cc2cc(O)cc(c2)-c2ccc3c(-c4ccccc4C#N)cn(c3c2)C1.[2HH]. The van der Waals surface area contributed by atoms with Gasteiger partial charge in [0.15, 0.2) is 0 Å². The smallest absolute Gasteiger partial charge is 0.324 e. The van der Waals surface area contributed by atoms with Crippen molar-refractivity contribution in [3.63, 3.8) is 0 Å². The zero-order valence-electron chi connectivity index (χ0n) is 57.6. The minimum Gasteiger partial charge on any atom is -0.508 e. The fourth-order valence-electron chi connectivity index (χ4n) is 14.6. The molecule has 23 nitrogen and oxygen atoms in total. The van der Waals surface area contributed by atoms with E-state index in [2.05, 4.69) is 49.7 Å². The minimum absolute atomic E-state index is 0. The maximum absolute atomic E-state index is 14.5. The van der Waals surface area contributed by atoms with Gasteiger partial charge in [0.1, 0.15) is 41.5 Å². The topological polar surface area (TPSA) is 311 Å². The first-order valence-electron chi connectivity index (χ1n) is 34.6. The van der Waals surface area contributed by atoms with Crippen LogP contribution in [0.25, 0.3) is 66.3 Å². The lowest BCUT2D eigenvalue weighted by molar-refractivity contribution is -0.155. The monoisotopic (exact) mass is 1400 g/mol. The highest BCUT2D eigenvalue weighted by Gasteiger charge is 2.42. The number of hydrogen-bond acceptors (Lipinski definition) is 16. The number of hydrazine groups is 2. The van der Waals surface area contributed by atoms with Crippen LogP contribution in [0, 0.1) is 46.3 Å². The first-order chi connectivity index (χ1) is 49.1. The molecule has 7 heterocycles. The van der Waals surface area contributed by atoms with Gasteiger partial charge in [0, 0.05) is 122 Å². The Morgan fingerprint density at radius 2 is 1.14 bits per heavy atom. The zero-order valence-corrected chi connectivity index (χ0v) is 58.4. The van der Waals surface area contributed by atoms with E-state index in [-0.39, 0.29) is 100.0 Å². The molecule has 7 atom stereocenters. The Kier molecular flexibility index (Phi) is 21.5. The molecule has 530 valence electrons. The van der Waals surface area contributed by atoms with Crippen LogP contribution < -0.4 is 21.9 Å². The van der Waals surface area contributed by atoms with Gasteiger partial charge >= 0.3 is 11.9 Å². The Balaban J connectivity index is 0.000000217. The third kappa shape index (κ3) is 15.4. The van der Waals surface area contributed by atoms with Gasteiger partial charge < -0.3 is 49.7 Å². The van der Waals surface area contributed by atoms with Crippen molar-refractivity contribution in [1.82, 2.24) is 45.1 Å². The number of halogens is 1. The highest BCUT2D eigenvalue weighted by atomic mass is 35.5. The number of nitrogens with two attached hydrogens (primary N) is 1. The van der Waals surface area contributed by atoms with Gasteiger partial charge in [-0.25, -0.2) is 10.9 Å². The molecule has 3 saturated heterocycles. The summed E-state index contributed by atoms with van der Waals surface area (Å²) in [5, 5.41) is 49.1. The van der Waals surface area contributed by atoms with Gasteiger partial charge in [-0.1, -0.05) is 100 Å². The van der Waals surface area contributed by atoms with Gasteiger partial charge in [-0.2, -0.15) is 10.5 Å². The summed E-state index contributed by atoms with van der Waals surface area (Å²) < 4.78 is 15.8. The number of nitrogens with one attached hydrogen (secondary N) is 3. The van der Waals surface area contributed by atoms with E-state index in [1.165, 1.54) is 19.8 Å². The van der Waals surface area contributed by atoms with E-state index >= 15 is 0 Å². The van der Waals surface area contributed by atoms with Crippen molar-refractivity contribution in [2.45, 2.75) is 110 Å². The number of rotatable bonds is 8. The van der Waals surface area contributed by atoms with Gasteiger partial charge in [0.2, 0.25) is 17.7 Å². The van der Waals surface area contributed by atoms with E-state index in [0.29, 0.717) is 67.6 Å². The molecule has 5 aliphatic heterocycles. The molecule has 3 fully saturated rings. The molecule has 0 radical (unpaired) electrons. The van der Waals surface area contributed by atoms with Gasteiger partial charge in [-0.05, 0) is 120 Å². The number of aromatic hydroxyl groups is 2. The molecule has 8 aromatic rings. The quantitative estimate of drug-likeness (QED) is 0.0611. The standard InChI is InChI=1S/C45H50ClN7O7.C33H33N5O4.H2/c1-26(2)41(50(4)43(57)32-22-52(23-32)40(55)19-46)42(56)48-38-16-28-14-31(17-33(54)15-28)29-11-12-35-36(34-9-6-5-8-30(34)20-47)24-51(39(35)18-29)21-27(3)25-60-45(59)37-10-7-13-53(49-37)44(38)58;1-20-17-37-18-28(26-6-3-2-5-23(26)16-34)27-9-8-22(15-31(27)37)24-11-21(12-25(39)14-24)13-29(35)32(40)38-10-4-7-30(36-38)33(41)42-19-20;/h5-6,8-9,11-12,14-15,17-18,24,26-27,32,37-38,41,49,54H,7,10,13,16,19,21-23,25H2,1-4H3,(H,48,56);2-3,5-6,8-9,11-12,14-15,18,20,29-30,36,39H,4,7,10,13,17,19,35H2,1H3;1H/t27-,37-,38-,41-;20-,29-,30-;/m00./s1/i;;1+1. The van der Waals surface area contributed by atoms with Crippen molar-refractivity contribution in [2.75, 3.05) is 52.3 Å². The maximum atomic E-state index is 14.5. The van der Waals surface area contributed by atoms with Crippen molar-refractivity contribution < 1.29 is 54.7 Å². The normalized spacial score (nSPS) is 20.9. The summed E-state index contributed by atoms with van der Waals surface area (Å²) >= 11 is 5.70. The molecular weight excluding hydrogens is 1320 g/mol. The van der Waals surface area contributed by atoms with E-state index in [0.717, 1.165) is 66.3 Å². The summed E-state index contributed by atoms with van der Waals surface area (Å²) in [5.74, 6) is -3.89. The Bertz CT molecular complexity index is 4670. The molecule has 6 aromatic carbocycles. The molecule has 13 rings (SSSR count). The van der Waals surface area contributed by atoms with E-state index in [9.17, 15) is 54.3 Å². The second-order valence-electron chi connectivity index (χ2n) is 27.9. The predicted octanol–water partition coefficient (Wildman–Crippen LogP) is 8.81. The van der Waals surface area contributed by atoms with Gasteiger partial charge in [0.25, 0.3) is 11.8 Å². The average molecular weight is 1400 g/mol. The average Bonchev–Trinajstić information content (AvgIpc) is 1.62. The van der Waals surface area contributed by atoms with E-state index < -0.39 is 59.9 Å². The van der Waals surface area contributed by atoms with Crippen LogP contribution in [0.4, 0.5) is 0 Å². The second-order valence-corrected chi connectivity index (χ2v) is 28.2. The Morgan fingerprint density at radius 3 is 1.62 bits per heavy atom. The summed E-state index contributed by atoms with van der Waals surface area (Å²) in [6, 6.07) is 37.6. The van der Waals surface area contributed by atoms with Crippen LogP contribution in [0.5, 0.6) is 11.5 Å². The fourth-order valence-corrected chi connectivity index (χ4v) is 14.7. The van der Waals surface area contributed by atoms with Crippen molar-refractivity contribution in [2.24, 2.45) is 29.4 Å². The fraction of sp³-hybridized carbons (Fsp3) is 0.372. The second kappa shape index (κ2) is 30.7. The van der Waals surface area contributed by atoms with Crippen LogP contribution in [-0.4, -0.2) is 163 Å². The zero-order chi connectivity index (χ0) is 72.2. The van der Waals surface area contributed by atoms with Crippen LogP contribution in [0.2, 0.25) is 0 Å². The number of fused-ring (bicyclic) bond motifs is 12. The number of aromatic nitrogens is 2. The van der Waals surface area contributed by atoms with Crippen LogP contribution in [0.15, 0.2) is 134 Å². The number of likely N-dealkylation sites (tertiary alicyclic amines) is 1. The largest absolute Gasteiger partial charge is 0.508 e. The molecule has 12 bridgehead atoms. The summed E-state index contributed by atoms with van der Waals surface area (Å²) in [6.45, 7) is 10.2. The minimum atomic E-state index is -1.17. The molecule has 102 heavy (non-hydrogen) atoms. The number of cyclic esters (lactones) is 2. The lowest BCUT2D eigenvalue weighted by Crippen LogP contribution is -2.63. The number of phenols is 2. The van der Waals surface area contributed by atoms with Crippen LogP contribution in [-0.2, 0) is 69.0 Å². The maximum Gasteiger partial charge on any atom is 0.324 e. The van der Waals surface area contributed by atoms with Crippen molar-refractivity contribution in [3.05, 3.63) is 156 Å². The number of nitriles is 2. The molecule has 5 amide bonds. The molecule has 2 aromatic heterocycles. The Hall–Kier alpha value is -10.6. The Morgan fingerprint density at radius 1 is 0.657 bits per heavy atom. The number of likely N-dealkylation sites (N-methyl/N-ethyl adjacent to an activating group) is 1. The number of carbonyl (C=O) groups is 7. The van der Waals surface area contributed by atoms with Crippen molar-refractivity contribution >= 4 is 74.9 Å². The molecule has 24 heteroatoms. The van der Waals surface area contributed by atoms with Crippen LogP contribution in [0.1, 0.15) is 77.1 Å². The van der Waals surface area contributed by atoms with Crippen LogP contribution in [0.3, 0.4) is 0 Å². The summed E-state index contributed by atoms with van der Waals surface area (Å²) in [7, 11) is 1.55. The van der Waals surface area contributed by atoms with Gasteiger partial charge in [-0.15, -0.1) is 11.6 Å². The lowest BCUT2D eigenvalue weighted by atomic mass is 9.94. The van der Waals surface area contributed by atoms with Crippen molar-refractivity contribution in [1.29, 1.82) is 10.5 Å². The summed E-state index contributed by atoms with van der Waals surface area (Å²) in [6.07, 6.45) is 6.44. The van der Waals surface area contributed by atoms with E-state index in [4.69, 9.17) is 26.8 Å². The molecule has 5 aliphatic rings. The van der Waals surface area contributed by atoms with E-state index in [1.807, 2.05) is 119 Å². The molecule has 0 aliphatic carbocycles. The molecule has 0 spiro atoms. The van der Waals surface area contributed by atoms with Gasteiger partial charge in [0.05, 0.1) is 48.4 Å². The third-order valence-corrected chi connectivity index (χ3v) is 20.0. The number of alkyl halides is 1. The van der Waals surface area contributed by atoms with Crippen molar-refractivity contribution in [3.8, 4) is 68.1 Å². The summed E-state index contributed by atoms with van der Waals surface area (Å²) in [4.78, 5) is 97.0. The first kappa shape index (κ1) is 71.3. The molecule has 0 saturated carbocycles. The molecular formula is C78H85ClN12O11. The van der Waals surface area contributed by atoms with Gasteiger partial charge in [-0.3, -0.25) is 43.6 Å². The van der Waals surface area contributed by atoms with Crippen LogP contribution >= 0.6 is 11.6 Å². The highest BCUT2D eigenvalue weighted by molar-refractivity contribution is 6.27. The molecule has 7 N–H and O–H groups in total.